The lowest BCUT2D eigenvalue weighted by Crippen LogP contribution is -2.32. The molecule has 3 aliphatic carbocycles. The van der Waals surface area contributed by atoms with Crippen molar-refractivity contribution < 1.29 is 0 Å². The van der Waals surface area contributed by atoms with Gasteiger partial charge in [-0.25, -0.2) is 0 Å². The molecule has 92 valence electrons. The molecule has 2 bridgehead atoms. The van der Waals surface area contributed by atoms with Crippen LogP contribution < -0.4 is 5.32 Å². The Labute approximate surface area is 108 Å². The third-order valence-electron chi connectivity index (χ3n) is 5.63. The summed E-state index contributed by atoms with van der Waals surface area (Å²) in [7, 11) is 2.16. The van der Waals surface area contributed by atoms with Gasteiger partial charge in [-0.3, -0.25) is 0 Å². The summed E-state index contributed by atoms with van der Waals surface area (Å²) >= 11 is 1.92. The van der Waals surface area contributed by atoms with Crippen molar-refractivity contribution in [1.82, 2.24) is 5.32 Å². The van der Waals surface area contributed by atoms with Crippen molar-refractivity contribution in [3.8, 4) is 0 Å². The van der Waals surface area contributed by atoms with Crippen LogP contribution in [0.15, 0.2) is 17.5 Å². The van der Waals surface area contributed by atoms with Crippen molar-refractivity contribution in [3.63, 3.8) is 0 Å². The molecule has 2 heteroatoms. The lowest BCUT2D eigenvalue weighted by Gasteiger charge is -2.19. The molecule has 0 spiro atoms. The molecule has 1 N–H and O–H groups in total. The molecule has 0 aromatic carbocycles. The van der Waals surface area contributed by atoms with Crippen LogP contribution in [0.1, 0.15) is 24.1 Å². The topological polar surface area (TPSA) is 12.0 Å². The fourth-order valence-corrected chi connectivity index (χ4v) is 5.77. The number of rotatable bonds is 4. The lowest BCUT2D eigenvalue weighted by atomic mass is 9.95. The summed E-state index contributed by atoms with van der Waals surface area (Å²) in [6, 6.07) is 5.22. The van der Waals surface area contributed by atoms with E-state index in [1.165, 1.54) is 19.3 Å². The van der Waals surface area contributed by atoms with Gasteiger partial charge in [0.25, 0.3) is 0 Å². The summed E-state index contributed by atoms with van der Waals surface area (Å²) in [4.78, 5) is 1.56. The first kappa shape index (κ1) is 10.6. The van der Waals surface area contributed by atoms with Crippen molar-refractivity contribution >= 4 is 11.3 Å². The normalized spacial score (nSPS) is 43.7. The van der Waals surface area contributed by atoms with E-state index in [1.54, 1.807) is 11.3 Å². The maximum absolute atomic E-state index is 3.61. The van der Waals surface area contributed by atoms with Gasteiger partial charge in [-0.05, 0) is 73.8 Å². The summed E-state index contributed by atoms with van der Waals surface area (Å²) in [5.74, 6) is 5.43. The maximum Gasteiger partial charge on any atom is 0.0146 e. The minimum atomic E-state index is 0.743. The fraction of sp³-hybridized carbons (Fsp3) is 0.733. The van der Waals surface area contributed by atoms with E-state index in [0.717, 1.165) is 35.6 Å². The number of nitrogens with one attached hydrogen (secondary N) is 1. The summed E-state index contributed by atoms with van der Waals surface area (Å²) in [5, 5.41) is 5.81. The van der Waals surface area contributed by atoms with E-state index in [1.807, 2.05) is 11.3 Å². The smallest absolute Gasteiger partial charge is 0.0146 e. The SMILES string of the molecule is CNC(Cc1cccs1)C1C2C3CCC(C3)C21. The number of hydrogen-bond acceptors (Lipinski definition) is 2. The molecule has 1 nitrogen and oxygen atoms in total. The lowest BCUT2D eigenvalue weighted by molar-refractivity contribution is 0.378. The Morgan fingerprint density at radius 2 is 2.12 bits per heavy atom. The third kappa shape index (κ3) is 1.53. The second-order valence-corrected chi connectivity index (χ2v) is 7.28. The van der Waals surface area contributed by atoms with Gasteiger partial charge in [-0.15, -0.1) is 11.3 Å². The minimum Gasteiger partial charge on any atom is -0.316 e. The van der Waals surface area contributed by atoms with Crippen molar-refractivity contribution in [3.05, 3.63) is 22.4 Å². The summed E-state index contributed by atoms with van der Waals surface area (Å²) in [5.41, 5.74) is 0. The Kier molecular flexibility index (Phi) is 2.38. The number of fused-ring (bicyclic) bond motifs is 5. The molecule has 5 unspecified atom stereocenters. The average molecular weight is 247 g/mol. The highest BCUT2D eigenvalue weighted by atomic mass is 32.1. The van der Waals surface area contributed by atoms with Gasteiger partial charge >= 0.3 is 0 Å². The van der Waals surface area contributed by atoms with Crippen LogP contribution in [-0.2, 0) is 6.42 Å². The Balaban J connectivity index is 1.48. The maximum atomic E-state index is 3.61. The van der Waals surface area contributed by atoms with Crippen LogP contribution in [0, 0.1) is 29.6 Å². The largest absolute Gasteiger partial charge is 0.316 e. The first-order chi connectivity index (χ1) is 8.38. The van der Waals surface area contributed by atoms with Gasteiger partial charge in [0.1, 0.15) is 0 Å². The molecule has 17 heavy (non-hydrogen) atoms. The zero-order chi connectivity index (χ0) is 11.4. The highest BCUT2D eigenvalue weighted by molar-refractivity contribution is 7.09. The van der Waals surface area contributed by atoms with Crippen molar-refractivity contribution in [2.45, 2.75) is 31.7 Å². The van der Waals surface area contributed by atoms with Crippen LogP contribution in [0.4, 0.5) is 0 Å². The predicted molar refractivity (Wildman–Crippen MR) is 72.2 cm³/mol. The Hall–Kier alpha value is -0.340. The Bertz CT molecular complexity index is 383. The molecule has 0 amide bonds. The fourth-order valence-electron chi connectivity index (χ4n) is 5.01. The van der Waals surface area contributed by atoms with Gasteiger partial charge in [0.15, 0.2) is 0 Å². The van der Waals surface area contributed by atoms with Crippen LogP contribution in [0.5, 0.6) is 0 Å². The summed E-state index contributed by atoms with van der Waals surface area (Å²) in [6.45, 7) is 0. The van der Waals surface area contributed by atoms with E-state index in [0.29, 0.717) is 0 Å². The molecule has 3 saturated carbocycles. The molecule has 1 aromatic heterocycles. The predicted octanol–water partition coefficient (Wildman–Crippen LogP) is 3.17. The molecule has 5 atom stereocenters. The zero-order valence-corrected chi connectivity index (χ0v) is 11.2. The van der Waals surface area contributed by atoms with Crippen LogP contribution in [-0.4, -0.2) is 13.1 Å². The second kappa shape index (κ2) is 3.83. The highest BCUT2D eigenvalue weighted by Crippen LogP contribution is 2.70. The van der Waals surface area contributed by atoms with E-state index < -0.39 is 0 Å². The quantitative estimate of drug-likeness (QED) is 0.862. The van der Waals surface area contributed by atoms with Crippen molar-refractivity contribution in [2.24, 2.45) is 29.6 Å². The molecular weight excluding hydrogens is 226 g/mol. The Morgan fingerprint density at radius 3 is 2.71 bits per heavy atom. The zero-order valence-electron chi connectivity index (χ0n) is 10.4. The molecule has 1 aromatic rings. The molecule has 0 saturated heterocycles. The first-order valence-electron chi connectivity index (χ1n) is 7.08. The number of thiophene rings is 1. The molecule has 0 aliphatic heterocycles. The standard InChI is InChI=1S/C15H21NS/c1-16-12(8-11-3-2-6-17-11)15-13-9-4-5-10(7-9)14(13)15/h2-3,6,9-10,12-16H,4-5,7-8H2,1H3. The van der Waals surface area contributed by atoms with Crippen LogP contribution in [0.3, 0.4) is 0 Å². The number of likely N-dealkylation sites (N-methyl/N-ethyl adjacent to an activating group) is 1. The third-order valence-corrected chi connectivity index (χ3v) is 6.53. The molecular formula is C15H21NS. The second-order valence-electron chi connectivity index (χ2n) is 6.24. The van der Waals surface area contributed by atoms with Crippen molar-refractivity contribution in [1.29, 1.82) is 0 Å². The number of hydrogen-bond donors (Lipinski definition) is 1. The van der Waals surface area contributed by atoms with Gasteiger partial charge in [-0.1, -0.05) is 6.07 Å². The highest BCUT2D eigenvalue weighted by Gasteiger charge is 2.66. The molecule has 4 rings (SSSR count). The van der Waals surface area contributed by atoms with E-state index >= 15 is 0 Å². The van der Waals surface area contributed by atoms with Crippen molar-refractivity contribution in [2.75, 3.05) is 7.05 Å². The van der Waals surface area contributed by atoms with Crippen LogP contribution >= 0.6 is 11.3 Å². The Morgan fingerprint density at radius 1 is 1.35 bits per heavy atom. The van der Waals surface area contributed by atoms with Gasteiger partial charge in [-0.2, -0.15) is 0 Å². The van der Waals surface area contributed by atoms with Crippen LogP contribution in [0.25, 0.3) is 0 Å². The van der Waals surface area contributed by atoms with E-state index in [2.05, 4.69) is 29.9 Å². The van der Waals surface area contributed by atoms with Gasteiger partial charge in [0.05, 0.1) is 0 Å². The molecule has 0 radical (unpaired) electrons. The van der Waals surface area contributed by atoms with E-state index in [4.69, 9.17) is 0 Å². The molecule has 1 heterocycles. The summed E-state index contributed by atoms with van der Waals surface area (Å²) < 4.78 is 0. The van der Waals surface area contributed by atoms with E-state index in [-0.39, 0.29) is 0 Å². The van der Waals surface area contributed by atoms with Gasteiger partial charge < -0.3 is 5.32 Å². The monoisotopic (exact) mass is 247 g/mol. The molecule has 3 aliphatic rings. The summed E-state index contributed by atoms with van der Waals surface area (Å²) in [6.07, 6.45) is 5.90. The minimum absolute atomic E-state index is 0.743. The first-order valence-corrected chi connectivity index (χ1v) is 7.96. The van der Waals surface area contributed by atoms with Gasteiger partial charge in [0, 0.05) is 10.9 Å². The van der Waals surface area contributed by atoms with E-state index in [9.17, 15) is 0 Å². The molecule has 3 fully saturated rings. The average Bonchev–Trinajstić information content (AvgIpc) is 2.82. The van der Waals surface area contributed by atoms with Gasteiger partial charge in [0.2, 0.25) is 0 Å². The van der Waals surface area contributed by atoms with Crippen LogP contribution in [0.2, 0.25) is 0 Å².